The molecule has 2 heteroatoms. The Labute approximate surface area is 77.3 Å². The molecular weight excluding hydrogens is 151 g/mol. The maximum absolute atomic E-state index is 5.40. The Kier molecular flexibility index (Phi) is 1.83. The van der Waals surface area contributed by atoms with E-state index in [9.17, 15) is 0 Å². The van der Waals surface area contributed by atoms with E-state index >= 15 is 0 Å². The fourth-order valence-corrected chi connectivity index (χ4v) is 3.41. The number of rotatable bonds is 1. The molecule has 2 fully saturated rings. The molecule has 0 aromatic heterocycles. The van der Waals surface area contributed by atoms with Crippen molar-refractivity contribution in [2.45, 2.75) is 39.2 Å². The third kappa shape index (κ3) is 1.00. The van der Waals surface area contributed by atoms with Gasteiger partial charge in [-0.3, -0.25) is 0 Å². The van der Waals surface area contributed by atoms with Gasteiger partial charge in [0.05, 0.1) is 0 Å². The van der Waals surface area contributed by atoms with Gasteiger partial charge in [0.2, 0.25) is 0 Å². The molecule has 0 aromatic carbocycles. The van der Waals surface area contributed by atoms with Crippen molar-refractivity contribution >= 4 is 16.6 Å². The summed E-state index contributed by atoms with van der Waals surface area (Å²) in [6.45, 7) is 4.80. The summed E-state index contributed by atoms with van der Waals surface area (Å²) < 4.78 is 5.40. The smallest absolute Gasteiger partial charge is 0.369 e. The normalized spacial score (nSPS) is 46.5. The second kappa shape index (κ2) is 2.49. The largest absolute Gasteiger partial charge is 0.513 e. The fraction of sp³-hybridized carbons (Fsp3) is 1.00. The van der Waals surface area contributed by atoms with Gasteiger partial charge in [0.25, 0.3) is 0 Å². The zero-order chi connectivity index (χ0) is 8.06. The van der Waals surface area contributed by atoms with Gasteiger partial charge in [0.15, 0.2) is 0 Å². The highest BCUT2D eigenvalue weighted by atomic mass is 27.1. The molecule has 3 atom stereocenters. The van der Waals surface area contributed by atoms with Crippen molar-refractivity contribution in [3.63, 3.8) is 0 Å². The molecule has 0 aromatic rings. The van der Waals surface area contributed by atoms with Gasteiger partial charge in [0, 0.05) is 6.10 Å². The van der Waals surface area contributed by atoms with E-state index in [1.54, 1.807) is 0 Å². The van der Waals surface area contributed by atoms with Crippen LogP contribution in [0.15, 0.2) is 0 Å². The molecule has 2 bridgehead atoms. The molecule has 0 spiro atoms. The average molecular weight is 166 g/mol. The summed E-state index contributed by atoms with van der Waals surface area (Å²) in [5, 5.41) is 0. The Morgan fingerprint density at radius 3 is 2.36 bits per heavy atom. The lowest BCUT2D eigenvalue weighted by atomic mass is 9.82. The van der Waals surface area contributed by atoms with Crippen LogP contribution in [0.2, 0.25) is 0 Å². The summed E-state index contributed by atoms with van der Waals surface area (Å²) in [6, 6.07) is 0. The molecule has 3 unspecified atom stereocenters. The van der Waals surface area contributed by atoms with Crippen molar-refractivity contribution in [2.24, 2.45) is 17.3 Å². The fourth-order valence-electron chi connectivity index (χ4n) is 3.11. The lowest BCUT2D eigenvalue weighted by Crippen LogP contribution is -2.24. The first-order chi connectivity index (χ1) is 5.16. The minimum Gasteiger partial charge on any atom is -0.513 e. The van der Waals surface area contributed by atoms with E-state index in [0.717, 1.165) is 11.8 Å². The molecule has 0 heterocycles. The lowest BCUT2D eigenvalue weighted by Gasteiger charge is -2.26. The summed E-state index contributed by atoms with van der Waals surface area (Å²) >= 11 is 2.43. The Morgan fingerprint density at radius 2 is 2.09 bits per heavy atom. The molecule has 2 aliphatic carbocycles. The van der Waals surface area contributed by atoms with E-state index in [1.165, 1.54) is 19.3 Å². The highest BCUT2D eigenvalue weighted by Crippen LogP contribution is 2.58. The van der Waals surface area contributed by atoms with Gasteiger partial charge in [-0.05, 0) is 36.5 Å². The Bertz CT molecular complexity index is 167. The SMILES string of the molecule is CC1(C)C2CCC1C([O][Al])C2. The van der Waals surface area contributed by atoms with Gasteiger partial charge in [-0.1, -0.05) is 13.8 Å². The van der Waals surface area contributed by atoms with Crippen molar-refractivity contribution < 1.29 is 3.79 Å². The highest BCUT2D eigenvalue weighted by Gasteiger charge is 2.52. The Hall–Kier alpha value is 0.492. The molecule has 0 amide bonds. The van der Waals surface area contributed by atoms with Crippen LogP contribution >= 0.6 is 0 Å². The molecule has 2 rings (SSSR count). The van der Waals surface area contributed by atoms with Crippen molar-refractivity contribution in [3.05, 3.63) is 0 Å². The standard InChI is InChI=1S/C9H15O.Al/c1-9(2)6-3-4-7(9)8(10)5-6;/h6-8H,3-5H2,1-2H3;/q-1;+1. The molecule has 2 radical (unpaired) electrons. The van der Waals surface area contributed by atoms with E-state index < -0.39 is 0 Å². The Balaban J connectivity index is 2.19. The van der Waals surface area contributed by atoms with Gasteiger partial charge in [-0.15, -0.1) is 0 Å². The van der Waals surface area contributed by atoms with E-state index in [-0.39, 0.29) is 0 Å². The second-order valence-corrected chi connectivity index (χ2v) is 4.88. The predicted octanol–water partition coefficient (Wildman–Crippen LogP) is 1.91. The van der Waals surface area contributed by atoms with Gasteiger partial charge in [0.1, 0.15) is 0 Å². The van der Waals surface area contributed by atoms with Gasteiger partial charge < -0.3 is 3.79 Å². The topological polar surface area (TPSA) is 9.23 Å². The van der Waals surface area contributed by atoms with E-state index in [1.807, 2.05) is 0 Å². The van der Waals surface area contributed by atoms with Gasteiger partial charge in [-0.2, -0.15) is 0 Å². The van der Waals surface area contributed by atoms with Gasteiger partial charge >= 0.3 is 16.6 Å². The molecule has 0 aliphatic heterocycles. The molecule has 0 N–H and O–H groups in total. The van der Waals surface area contributed by atoms with E-state index in [0.29, 0.717) is 11.5 Å². The molecule has 1 nitrogen and oxygen atoms in total. The van der Waals surface area contributed by atoms with E-state index in [4.69, 9.17) is 3.79 Å². The molecule has 2 aliphatic rings. The van der Waals surface area contributed by atoms with E-state index in [2.05, 4.69) is 30.5 Å². The quantitative estimate of drug-likeness (QED) is 0.541. The van der Waals surface area contributed by atoms with Crippen molar-refractivity contribution in [1.29, 1.82) is 0 Å². The first kappa shape index (κ1) is 8.11. The summed E-state index contributed by atoms with van der Waals surface area (Å²) in [6.07, 6.45) is 4.65. The maximum Gasteiger partial charge on any atom is 0.369 e. The second-order valence-electron chi connectivity index (χ2n) is 4.61. The molecular formula is C9H15AlO. The monoisotopic (exact) mass is 166 g/mol. The van der Waals surface area contributed by atoms with Crippen LogP contribution in [0.4, 0.5) is 0 Å². The van der Waals surface area contributed by atoms with Gasteiger partial charge in [-0.25, -0.2) is 0 Å². The minimum absolute atomic E-state index is 0.536. The van der Waals surface area contributed by atoms with Crippen LogP contribution in [0.3, 0.4) is 0 Å². The van der Waals surface area contributed by atoms with Crippen LogP contribution in [0.1, 0.15) is 33.1 Å². The van der Waals surface area contributed by atoms with Crippen molar-refractivity contribution in [1.82, 2.24) is 0 Å². The molecule has 0 saturated heterocycles. The first-order valence-electron chi connectivity index (χ1n) is 4.52. The Morgan fingerprint density at radius 1 is 1.36 bits per heavy atom. The third-order valence-electron chi connectivity index (χ3n) is 3.97. The summed E-state index contributed by atoms with van der Waals surface area (Å²) in [4.78, 5) is 0. The first-order valence-corrected chi connectivity index (χ1v) is 4.99. The highest BCUT2D eigenvalue weighted by molar-refractivity contribution is 5.98. The van der Waals surface area contributed by atoms with Crippen molar-refractivity contribution in [3.8, 4) is 0 Å². The van der Waals surface area contributed by atoms with Crippen LogP contribution in [0.5, 0.6) is 0 Å². The molecule has 60 valence electrons. The molecule has 11 heavy (non-hydrogen) atoms. The molecule has 2 saturated carbocycles. The predicted molar refractivity (Wildman–Crippen MR) is 45.2 cm³/mol. The maximum atomic E-state index is 5.40. The lowest BCUT2D eigenvalue weighted by molar-refractivity contribution is 0.129. The third-order valence-corrected chi connectivity index (χ3v) is 4.32. The number of hydrogen-bond donors (Lipinski definition) is 0. The summed E-state index contributed by atoms with van der Waals surface area (Å²) in [5.74, 6) is 1.75. The summed E-state index contributed by atoms with van der Waals surface area (Å²) in [5.41, 5.74) is 0.557. The number of fused-ring (bicyclic) bond motifs is 2. The van der Waals surface area contributed by atoms with Crippen molar-refractivity contribution in [2.75, 3.05) is 0 Å². The van der Waals surface area contributed by atoms with Crippen LogP contribution < -0.4 is 0 Å². The average Bonchev–Trinajstić information content (AvgIpc) is 2.40. The summed E-state index contributed by atoms with van der Waals surface area (Å²) in [7, 11) is 0. The number of hydrogen-bond acceptors (Lipinski definition) is 1. The van der Waals surface area contributed by atoms with Crippen LogP contribution in [-0.2, 0) is 3.79 Å². The zero-order valence-corrected chi connectivity index (χ0v) is 8.49. The van der Waals surface area contributed by atoms with Crippen LogP contribution in [-0.4, -0.2) is 22.7 Å². The van der Waals surface area contributed by atoms with Crippen LogP contribution in [0, 0.1) is 17.3 Å². The van der Waals surface area contributed by atoms with Crippen LogP contribution in [0.25, 0.3) is 0 Å². The zero-order valence-electron chi connectivity index (χ0n) is 7.34. The minimum atomic E-state index is 0.536.